The average Bonchev–Trinajstić information content (AvgIpc) is 3.09. The highest BCUT2D eigenvalue weighted by Gasteiger charge is 2.05. The summed E-state index contributed by atoms with van der Waals surface area (Å²) in [5.41, 5.74) is 7.50. The largest absolute Gasteiger partial charge is 0.493 e. The van der Waals surface area contributed by atoms with Crippen molar-refractivity contribution in [3.63, 3.8) is 0 Å². The molecule has 0 bridgehead atoms. The Morgan fingerprint density at radius 2 is 2.22 bits per heavy atom. The van der Waals surface area contributed by atoms with Crippen molar-refractivity contribution < 1.29 is 14.3 Å². The molecule has 2 amide bonds. The van der Waals surface area contributed by atoms with Crippen LogP contribution in [0.2, 0.25) is 0 Å². The predicted molar refractivity (Wildman–Crippen MR) is 107 cm³/mol. The minimum Gasteiger partial charge on any atom is -0.493 e. The summed E-state index contributed by atoms with van der Waals surface area (Å²) in [5, 5.41) is 6.35. The van der Waals surface area contributed by atoms with Gasteiger partial charge in [-0.15, -0.1) is 0 Å². The molecular formula is C17H21N5O3S2. The highest BCUT2D eigenvalue weighted by Crippen LogP contribution is 2.19. The molecule has 0 atom stereocenters. The number of urea groups is 1. The lowest BCUT2D eigenvalue weighted by molar-refractivity contribution is 0.241. The average molecular weight is 408 g/mol. The summed E-state index contributed by atoms with van der Waals surface area (Å²) in [6.07, 6.45) is 3.13. The van der Waals surface area contributed by atoms with Crippen LogP contribution in [0.25, 0.3) is 0 Å². The van der Waals surface area contributed by atoms with Crippen LogP contribution in [-0.2, 0) is 4.74 Å². The zero-order chi connectivity index (χ0) is 19.5. The highest BCUT2D eigenvalue weighted by atomic mass is 32.2. The number of nitrogens with one attached hydrogen (secondary N) is 3. The molecule has 0 aliphatic carbocycles. The third-order valence-electron chi connectivity index (χ3n) is 3.17. The SMILES string of the molecule is COC#CSc1nsc(NNC(=O)NCCCOc2ccc(C)cc2C)n1. The van der Waals surface area contributed by atoms with E-state index >= 15 is 0 Å². The molecule has 0 fully saturated rings. The number of aryl methyl sites for hydroxylation is 2. The Hall–Kier alpha value is -2.64. The van der Waals surface area contributed by atoms with Crippen molar-refractivity contribution in [3.05, 3.63) is 29.3 Å². The van der Waals surface area contributed by atoms with Crippen LogP contribution in [0.4, 0.5) is 9.93 Å². The van der Waals surface area contributed by atoms with Gasteiger partial charge in [-0.25, -0.2) is 10.2 Å². The Morgan fingerprint density at radius 1 is 1.37 bits per heavy atom. The second kappa shape index (κ2) is 11.2. The number of benzene rings is 1. The van der Waals surface area contributed by atoms with Crippen LogP contribution in [0, 0.1) is 25.2 Å². The molecule has 8 nitrogen and oxygen atoms in total. The summed E-state index contributed by atoms with van der Waals surface area (Å²) in [5.74, 6) is 0.867. The van der Waals surface area contributed by atoms with E-state index in [1.807, 2.05) is 26.0 Å². The topological polar surface area (TPSA) is 97.4 Å². The van der Waals surface area contributed by atoms with Gasteiger partial charge in [0.2, 0.25) is 10.3 Å². The smallest absolute Gasteiger partial charge is 0.333 e. The maximum atomic E-state index is 11.7. The van der Waals surface area contributed by atoms with Crippen molar-refractivity contribution in [2.75, 3.05) is 25.7 Å². The van der Waals surface area contributed by atoms with Crippen molar-refractivity contribution in [2.45, 2.75) is 25.4 Å². The number of aromatic nitrogens is 2. The lowest BCUT2D eigenvalue weighted by atomic mass is 10.1. The number of nitrogens with zero attached hydrogens (tertiary/aromatic N) is 2. The number of carbonyl (C=O) groups is 1. The third-order valence-corrected chi connectivity index (χ3v) is 4.47. The number of anilines is 1. The zero-order valence-corrected chi connectivity index (χ0v) is 16.9. The highest BCUT2D eigenvalue weighted by molar-refractivity contribution is 8.03. The van der Waals surface area contributed by atoms with Crippen LogP contribution >= 0.6 is 23.3 Å². The first kappa shape index (κ1) is 20.7. The number of methoxy groups -OCH3 is 1. The summed E-state index contributed by atoms with van der Waals surface area (Å²) in [6.45, 7) is 5.07. The predicted octanol–water partition coefficient (Wildman–Crippen LogP) is 2.91. The number of ether oxygens (including phenoxy) is 2. The minimum absolute atomic E-state index is 0.356. The van der Waals surface area contributed by atoms with Crippen molar-refractivity contribution in [1.82, 2.24) is 20.1 Å². The van der Waals surface area contributed by atoms with E-state index in [0.29, 0.717) is 29.9 Å². The Morgan fingerprint density at radius 3 is 3.00 bits per heavy atom. The molecule has 1 aromatic carbocycles. The number of thioether (sulfide) groups is 1. The lowest BCUT2D eigenvalue weighted by Crippen LogP contribution is -2.39. The second-order valence-electron chi connectivity index (χ2n) is 5.37. The maximum Gasteiger partial charge on any atom is 0.333 e. The van der Waals surface area contributed by atoms with Gasteiger partial charge in [-0.05, 0) is 31.9 Å². The fourth-order valence-corrected chi connectivity index (χ4v) is 3.08. The first-order valence-corrected chi connectivity index (χ1v) is 9.71. The molecule has 1 aromatic heterocycles. The van der Waals surface area contributed by atoms with Gasteiger partial charge in [-0.2, -0.15) is 9.36 Å². The zero-order valence-electron chi connectivity index (χ0n) is 15.3. The first-order chi connectivity index (χ1) is 13.1. The van der Waals surface area contributed by atoms with E-state index in [1.54, 1.807) is 0 Å². The number of hydrogen-bond donors (Lipinski definition) is 3. The minimum atomic E-state index is -0.356. The molecule has 144 valence electrons. The quantitative estimate of drug-likeness (QED) is 0.268. The normalized spacial score (nSPS) is 9.74. The van der Waals surface area contributed by atoms with E-state index in [1.165, 1.54) is 12.7 Å². The molecule has 0 unspecified atom stereocenters. The van der Waals surface area contributed by atoms with Gasteiger partial charge in [0, 0.05) is 35.1 Å². The molecular weight excluding hydrogens is 386 g/mol. The summed E-state index contributed by atoms with van der Waals surface area (Å²) < 4.78 is 14.4. The summed E-state index contributed by atoms with van der Waals surface area (Å²) in [6, 6.07) is 5.70. The molecule has 0 radical (unpaired) electrons. The van der Waals surface area contributed by atoms with Gasteiger partial charge in [0.1, 0.15) is 11.9 Å². The number of amides is 2. The third kappa shape index (κ3) is 7.64. The van der Waals surface area contributed by atoms with Gasteiger partial charge < -0.3 is 14.8 Å². The van der Waals surface area contributed by atoms with Crippen LogP contribution < -0.4 is 20.9 Å². The summed E-state index contributed by atoms with van der Waals surface area (Å²) >= 11 is 2.26. The van der Waals surface area contributed by atoms with Crippen molar-refractivity contribution in [3.8, 4) is 17.1 Å². The van der Waals surface area contributed by atoms with Crippen LogP contribution in [0.5, 0.6) is 5.75 Å². The lowest BCUT2D eigenvalue weighted by Gasteiger charge is -2.10. The van der Waals surface area contributed by atoms with Gasteiger partial charge in [0.25, 0.3) is 0 Å². The second-order valence-corrected chi connectivity index (χ2v) is 6.89. The molecule has 1 heterocycles. The number of rotatable bonds is 8. The molecule has 27 heavy (non-hydrogen) atoms. The van der Waals surface area contributed by atoms with E-state index in [2.05, 4.69) is 47.7 Å². The molecule has 0 saturated carbocycles. The van der Waals surface area contributed by atoms with Gasteiger partial charge in [-0.1, -0.05) is 17.7 Å². The molecule has 2 rings (SSSR count). The van der Waals surface area contributed by atoms with Crippen LogP contribution in [-0.4, -0.2) is 35.7 Å². The van der Waals surface area contributed by atoms with Gasteiger partial charge in [-0.3, -0.25) is 5.43 Å². The van der Waals surface area contributed by atoms with E-state index in [0.717, 1.165) is 34.6 Å². The fourth-order valence-electron chi connectivity index (χ4n) is 1.98. The molecule has 3 N–H and O–H groups in total. The Bertz CT molecular complexity index is 816. The summed E-state index contributed by atoms with van der Waals surface area (Å²) in [4.78, 5) is 15.9. The molecule has 0 aliphatic heterocycles. The van der Waals surface area contributed by atoms with Crippen LogP contribution in [0.3, 0.4) is 0 Å². The number of carbonyl (C=O) groups excluding carboxylic acids is 1. The fraction of sp³-hybridized carbons (Fsp3) is 0.353. The number of hydrazine groups is 1. The summed E-state index contributed by atoms with van der Waals surface area (Å²) in [7, 11) is 1.48. The number of hydrogen-bond acceptors (Lipinski definition) is 8. The Labute approximate surface area is 166 Å². The van der Waals surface area contributed by atoms with Gasteiger partial charge in [0.05, 0.1) is 13.7 Å². The van der Waals surface area contributed by atoms with Gasteiger partial charge in [0.15, 0.2) is 0 Å². The first-order valence-electron chi connectivity index (χ1n) is 8.12. The Kier molecular flexibility index (Phi) is 8.54. The van der Waals surface area contributed by atoms with E-state index in [4.69, 9.17) is 4.74 Å². The van der Waals surface area contributed by atoms with Crippen molar-refractivity contribution >= 4 is 34.5 Å². The molecule has 0 spiro atoms. The van der Waals surface area contributed by atoms with Gasteiger partial charge >= 0.3 is 6.03 Å². The van der Waals surface area contributed by atoms with E-state index in [9.17, 15) is 4.79 Å². The van der Waals surface area contributed by atoms with Crippen molar-refractivity contribution in [2.24, 2.45) is 0 Å². The monoisotopic (exact) mass is 407 g/mol. The van der Waals surface area contributed by atoms with Crippen LogP contribution in [0.15, 0.2) is 23.4 Å². The molecule has 10 heteroatoms. The standard InChI is InChI=1S/C17H21N5O3S2/c1-12-5-6-14(13(2)11-12)25-8-4-7-18-15(23)20-21-16-19-17(22-27-16)26-10-9-24-3/h5-6,11H,4,7-8H2,1-3H3,(H2,18,20,23)(H,19,21,22). The maximum absolute atomic E-state index is 11.7. The van der Waals surface area contributed by atoms with E-state index < -0.39 is 0 Å². The molecule has 0 aliphatic rings. The van der Waals surface area contributed by atoms with E-state index in [-0.39, 0.29) is 6.03 Å². The van der Waals surface area contributed by atoms with Crippen LogP contribution in [0.1, 0.15) is 17.5 Å². The Balaban J connectivity index is 1.59. The molecule has 2 aromatic rings. The van der Waals surface area contributed by atoms with Crippen molar-refractivity contribution in [1.29, 1.82) is 0 Å². The molecule has 0 saturated heterocycles.